The molecule has 0 saturated heterocycles. The number of oxazole rings is 1. The molecule has 2 aromatic heterocycles. The smallest absolute Gasteiger partial charge is 0.358 e. The van der Waals surface area contributed by atoms with E-state index in [9.17, 15) is 4.79 Å². The van der Waals surface area contributed by atoms with Gasteiger partial charge >= 0.3 is 5.97 Å². The second kappa shape index (κ2) is 4.42. The van der Waals surface area contributed by atoms with E-state index < -0.39 is 5.97 Å². The Morgan fingerprint density at radius 3 is 2.88 bits per heavy atom. The van der Waals surface area contributed by atoms with Crippen LogP contribution in [0.3, 0.4) is 0 Å². The molecule has 0 bridgehead atoms. The molecule has 17 heavy (non-hydrogen) atoms. The van der Waals surface area contributed by atoms with Crippen LogP contribution in [0.2, 0.25) is 0 Å². The Labute approximate surface area is 96.8 Å². The molecule has 90 valence electrons. The Balaban J connectivity index is 2.47. The zero-order valence-electron chi connectivity index (χ0n) is 9.39. The van der Waals surface area contributed by atoms with Gasteiger partial charge in [-0.2, -0.15) is 0 Å². The number of carboxylic acids is 1. The van der Waals surface area contributed by atoms with E-state index in [0.29, 0.717) is 5.76 Å². The summed E-state index contributed by atoms with van der Waals surface area (Å²) in [7, 11) is 1.47. The van der Waals surface area contributed by atoms with E-state index in [0.717, 1.165) is 5.56 Å². The Hall–Kier alpha value is -2.08. The number of nitrogens with zero attached hydrogens (tertiary/aromatic N) is 1. The highest BCUT2D eigenvalue weighted by Crippen LogP contribution is 2.27. The van der Waals surface area contributed by atoms with E-state index in [2.05, 4.69) is 4.98 Å². The molecule has 6 nitrogen and oxygen atoms in total. The second-order valence-electron chi connectivity index (χ2n) is 3.51. The van der Waals surface area contributed by atoms with Crippen molar-refractivity contribution < 1.29 is 23.5 Å². The minimum absolute atomic E-state index is 0.109. The Morgan fingerprint density at radius 1 is 1.59 bits per heavy atom. The average Bonchev–Trinajstić information content (AvgIpc) is 2.84. The summed E-state index contributed by atoms with van der Waals surface area (Å²) in [5, 5.41) is 9.01. The van der Waals surface area contributed by atoms with E-state index in [1.807, 2.05) is 6.92 Å². The van der Waals surface area contributed by atoms with Crippen LogP contribution in [0.15, 0.2) is 21.2 Å². The first-order chi connectivity index (χ1) is 8.11. The maximum Gasteiger partial charge on any atom is 0.358 e. The number of hydrogen-bond acceptors (Lipinski definition) is 5. The summed E-state index contributed by atoms with van der Waals surface area (Å²) in [4.78, 5) is 14.8. The van der Waals surface area contributed by atoms with Crippen LogP contribution in [0, 0.1) is 6.92 Å². The predicted molar refractivity (Wildman–Crippen MR) is 56.6 cm³/mol. The first kappa shape index (κ1) is 11.4. The van der Waals surface area contributed by atoms with E-state index >= 15 is 0 Å². The van der Waals surface area contributed by atoms with Gasteiger partial charge in [-0.25, -0.2) is 9.78 Å². The largest absolute Gasteiger partial charge is 0.476 e. The number of ether oxygens (including phenoxy) is 1. The first-order valence-electron chi connectivity index (χ1n) is 4.89. The van der Waals surface area contributed by atoms with Gasteiger partial charge in [0.2, 0.25) is 11.7 Å². The van der Waals surface area contributed by atoms with Gasteiger partial charge in [-0.15, -0.1) is 0 Å². The molecule has 0 aliphatic heterocycles. The molecule has 1 N–H and O–H groups in total. The molecule has 0 atom stereocenters. The average molecular weight is 237 g/mol. The zero-order valence-corrected chi connectivity index (χ0v) is 9.39. The number of aromatic carboxylic acids is 1. The van der Waals surface area contributed by atoms with Crippen molar-refractivity contribution in [1.82, 2.24) is 4.98 Å². The van der Waals surface area contributed by atoms with Crippen LogP contribution in [0.1, 0.15) is 21.9 Å². The molecule has 0 aliphatic carbocycles. The molecule has 0 radical (unpaired) electrons. The summed E-state index contributed by atoms with van der Waals surface area (Å²) in [6.07, 6.45) is 1.51. The van der Waals surface area contributed by atoms with Crippen molar-refractivity contribution >= 4 is 5.97 Å². The van der Waals surface area contributed by atoms with Crippen LogP contribution in [0.5, 0.6) is 0 Å². The number of furan rings is 1. The minimum atomic E-state index is -1.17. The molecule has 2 rings (SSSR count). The fourth-order valence-corrected chi connectivity index (χ4v) is 1.41. The normalized spacial score (nSPS) is 10.7. The maximum absolute atomic E-state index is 11.0. The molecule has 0 amide bonds. The van der Waals surface area contributed by atoms with Gasteiger partial charge in [0.25, 0.3) is 0 Å². The molecule has 0 spiro atoms. The third-order valence-corrected chi connectivity index (χ3v) is 2.10. The van der Waals surface area contributed by atoms with Crippen LogP contribution >= 0.6 is 0 Å². The summed E-state index contributed by atoms with van der Waals surface area (Å²) >= 11 is 0. The number of hydrogen-bond donors (Lipinski definition) is 1. The second-order valence-corrected chi connectivity index (χ2v) is 3.51. The van der Waals surface area contributed by atoms with Crippen LogP contribution in [-0.4, -0.2) is 23.2 Å². The van der Waals surface area contributed by atoms with Crippen molar-refractivity contribution in [2.24, 2.45) is 0 Å². The first-order valence-corrected chi connectivity index (χ1v) is 4.89. The lowest BCUT2D eigenvalue weighted by Crippen LogP contribution is -1.99. The van der Waals surface area contributed by atoms with Gasteiger partial charge in [-0.3, -0.25) is 0 Å². The zero-order chi connectivity index (χ0) is 12.4. The Bertz CT molecular complexity index is 540. The van der Waals surface area contributed by atoms with E-state index in [1.165, 1.54) is 13.4 Å². The van der Waals surface area contributed by atoms with Gasteiger partial charge < -0.3 is 18.7 Å². The van der Waals surface area contributed by atoms with E-state index in [-0.39, 0.29) is 24.0 Å². The fraction of sp³-hybridized carbons (Fsp3) is 0.273. The molecule has 2 aromatic rings. The highest BCUT2D eigenvalue weighted by atomic mass is 16.5. The van der Waals surface area contributed by atoms with Gasteiger partial charge in [-0.05, 0) is 18.6 Å². The van der Waals surface area contributed by atoms with Crippen LogP contribution < -0.4 is 0 Å². The van der Waals surface area contributed by atoms with Gasteiger partial charge in [0.05, 0.1) is 6.26 Å². The lowest BCUT2D eigenvalue weighted by atomic mass is 10.2. The summed E-state index contributed by atoms with van der Waals surface area (Å²) < 4.78 is 15.3. The number of carbonyl (C=O) groups is 1. The van der Waals surface area contributed by atoms with Crippen LogP contribution in [0.4, 0.5) is 0 Å². The third-order valence-electron chi connectivity index (χ3n) is 2.10. The van der Waals surface area contributed by atoms with Gasteiger partial charge in [0, 0.05) is 7.11 Å². The quantitative estimate of drug-likeness (QED) is 0.876. The number of aromatic nitrogens is 1. The van der Waals surface area contributed by atoms with E-state index in [1.54, 1.807) is 6.07 Å². The molecular formula is C11H11NO5. The summed E-state index contributed by atoms with van der Waals surface area (Å²) in [5.74, 6) is -0.512. The van der Waals surface area contributed by atoms with E-state index in [4.69, 9.17) is 18.7 Å². The maximum atomic E-state index is 11.0. The summed E-state index contributed by atoms with van der Waals surface area (Å²) in [6.45, 7) is 1.94. The number of methoxy groups -OCH3 is 1. The standard InChI is InChI=1S/C11H11NO5/c1-6-3-7(16-4-6)10-9(11(13)14)12-8(17-10)5-15-2/h3-4H,5H2,1-2H3,(H,13,14). The highest BCUT2D eigenvalue weighted by Gasteiger charge is 2.22. The van der Waals surface area contributed by atoms with Crippen LogP contribution in [0.25, 0.3) is 11.5 Å². The molecule has 0 aromatic carbocycles. The fourth-order valence-electron chi connectivity index (χ4n) is 1.41. The molecular weight excluding hydrogens is 226 g/mol. The summed E-state index contributed by atoms with van der Waals surface area (Å²) in [6, 6.07) is 1.68. The molecule has 0 unspecified atom stereocenters. The van der Waals surface area contributed by atoms with Crippen LogP contribution in [-0.2, 0) is 11.3 Å². The van der Waals surface area contributed by atoms with Crippen molar-refractivity contribution in [1.29, 1.82) is 0 Å². The molecule has 6 heteroatoms. The van der Waals surface area contributed by atoms with Gasteiger partial charge in [0.1, 0.15) is 6.61 Å². The molecule has 0 fully saturated rings. The summed E-state index contributed by atoms with van der Waals surface area (Å²) in [5.41, 5.74) is 0.701. The number of rotatable bonds is 4. The minimum Gasteiger partial charge on any atom is -0.476 e. The lowest BCUT2D eigenvalue weighted by molar-refractivity contribution is 0.0691. The molecule has 2 heterocycles. The predicted octanol–water partition coefficient (Wildman–Crippen LogP) is 2.09. The van der Waals surface area contributed by atoms with Crippen molar-refractivity contribution in [2.75, 3.05) is 7.11 Å². The monoisotopic (exact) mass is 237 g/mol. The van der Waals surface area contributed by atoms with Crippen molar-refractivity contribution in [3.05, 3.63) is 29.5 Å². The topological polar surface area (TPSA) is 85.7 Å². The van der Waals surface area contributed by atoms with Gasteiger partial charge in [0.15, 0.2) is 11.5 Å². The SMILES string of the molecule is COCc1nc(C(=O)O)c(-c2cc(C)co2)o1. The van der Waals surface area contributed by atoms with Crippen molar-refractivity contribution in [3.63, 3.8) is 0 Å². The lowest BCUT2D eigenvalue weighted by Gasteiger charge is -1.91. The number of carboxylic acid groups (broad SMARTS) is 1. The molecule has 0 aliphatic rings. The number of aryl methyl sites for hydroxylation is 1. The Kier molecular flexibility index (Phi) is 2.97. The Morgan fingerprint density at radius 2 is 2.35 bits per heavy atom. The van der Waals surface area contributed by atoms with Crippen molar-refractivity contribution in [2.45, 2.75) is 13.5 Å². The third kappa shape index (κ3) is 2.21. The van der Waals surface area contributed by atoms with Crippen molar-refractivity contribution in [3.8, 4) is 11.5 Å². The van der Waals surface area contributed by atoms with Gasteiger partial charge in [-0.1, -0.05) is 0 Å². The highest BCUT2D eigenvalue weighted by molar-refractivity contribution is 5.91. The molecule has 0 saturated carbocycles.